The van der Waals surface area contributed by atoms with Crippen molar-refractivity contribution in [3.63, 3.8) is 0 Å². The van der Waals surface area contributed by atoms with Gasteiger partial charge in [0, 0.05) is 4.47 Å². The van der Waals surface area contributed by atoms with E-state index in [1.165, 1.54) is 5.56 Å². The molecule has 0 amide bonds. The summed E-state index contributed by atoms with van der Waals surface area (Å²) in [7, 11) is 0. The van der Waals surface area contributed by atoms with Gasteiger partial charge in [-0.2, -0.15) is 5.11 Å². The maximum Gasteiger partial charge on any atom is 0.0841 e. The van der Waals surface area contributed by atoms with Gasteiger partial charge in [-0.3, -0.25) is 5.43 Å². The summed E-state index contributed by atoms with van der Waals surface area (Å²) in [6.07, 6.45) is 0.967. The molecule has 0 bridgehead atoms. The van der Waals surface area contributed by atoms with Crippen LogP contribution in [-0.4, -0.2) is 12.6 Å². The normalized spacial score (nSPS) is 20.2. The van der Waals surface area contributed by atoms with E-state index < -0.39 is 0 Å². The standard InChI is InChI=1S/C9H10BrN3/c10-9-4-2-1-3-7(9)5-8-6-11-13-12-8/h1-4,8H,5-6H2,(H,11,12). The van der Waals surface area contributed by atoms with E-state index in [1.807, 2.05) is 12.1 Å². The van der Waals surface area contributed by atoms with Gasteiger partial charge < -0.3 is 0 Å². The van der Waals surface area contributed by atoms with Gasteiger partial charge in [0.2, 0.25) is 0 Å². The van der Waals surface area contributed by atoms with Crippen LogP contribution in [0.1, 0.15) is 5.56 Å². The molecule has 1 heterocycles. The molecule has 1 aliphatic heterocycles. The van der Waals surface area contributed by atoms with Crippen LogP contribution < -0.4 is 5.43 Å². The fraction of sp³-hybridized carbons (Fsp3) is 0.333. The highest BCUT2D eigenvalue weighted by molar-refractivity contribution is 9.10. The summed E-state index contributed by atoms with van der Waals surface area (Å²) in [6, 6.07) is 8.59. The molecular formula is C9H10BrN3. The molecule has 0 saturated heterocycles. The van der Waals surface area contributed by atoms with E-state index in [0.29, 0.717) is 6.04 Å². The van der Waals surface area contributed by atoms with Crippen LogP contribution in [0.2, 0.25) is 0 Å². The molecular weight excluding hydrogens is 230 g/mol. The molecule has 0 fully saturated rings. The molecule has 0 radical (unpaired) electrons. The highest BCUT2D eigenvalue weighted by Crippen LogP contribution is 2.18. The van der Waals surface area contributed by atoms with Crippen molar-refractivity contribution in [3.8, 4) is 0 Å². The molecule has 4 heteroatoms. The van der Waals surface area contributed by atoms with Crippen molar-refractivity contribution < 1.29 is 0 Å². The van der Waals surface area contributed by atoms with Crippen molar-refractivity contribution in [1.82, 2.24) is 5.43 Å². The molecule has 1 unspecified atom stereocenters. The molecule has 0 spiro atoms. The van der Waals surface area contributed by atoms with E-state index in [9.17, 15) is 0 Å². The smallest absolute Gasteiger partial charge is 0.0841 e. The zero-order chi connectivity index (χ0) is 9.10. The Morgan fingerprint density at radius 1 is 1.46 bits per heavy atom. The Kier molecular flexibility index (Phi) is 2.59. The van der Waals surface area contributed by atoms with Gasteiger partial charge >= 0.3 is 0 Å². The van der Waals surface area contributed by atoms with E-state index in [1.54, 1.807) is 0 Å². The zero-order valence-electron chi connectivity index (χ0n) is 7.07. The molecule has 1 N–H and O–H groups in total. The number of nitrogens with one attached hydrogen (secondary N) is 1. The van der Waals surface area contributed by atoms with Gasteiger partial charge in [-0.15, -0.1) is 0 Å². The molecule has 1 aliphatic rings. The fourth-order valence-corrected chi connectivity index (χ4v) is 1.79. The molecule has 0 aromatic heterocycles. The Hall–Kier alpha value is -0.900. The average molecular weight is 240 g/mol. The third-order valence-corrected chi connectivity index (χ3v) is 2.81. The zero-order valence-corrected chi connectivity index (χ0v) is 8.66. The van der Waals surface area contributed by atoms with Crippen molar-refractivity contribution >= 4 is 15.9 Å². The summed E-state index contributed by atoms with van der Waals surface area (Å²) in [6.45, 7) is 0.779. The Morgan fingerprint density at radius 3 is 3.00 bits per heavy atom. The highest BCUT2D eigenvalue weighted by Gasteiger charge is 2.13. The molecule has 1 atom stereocenters. The van der Waals surface area contributed by atoms with Gasteiger partial charge in [0.25, 0.3) is 0 Å². The fourth-order valence-electron chi connectivity index (χ4n) is 1.34. The first-order chi connectivity index (χ1) is 6.36. The van der Waals surface area contributed by atoms with Gasteiger partial charge in [0.1, 0.15) is 0 Å². The highest BCUT2D eigenvalue weighted by atomic mass is 79.9. The van der Waals surface area contributed by atoms with Crippen molar-refractivity contribution in [1.29, 1.82) is 0 Å². The Labute approximate surface area is 85.4 Å². The minimum Gasteiger partial charge on any atom is -0.286 e. The van der Waals surface area contributed by atoms with Crippen LogP contribution in [0.15, 0.2) is 39.1 Å². The first-order valence-corrected chi connectivity index (χ1v) is 5.01. The van der Waals surface area contributed by atoms with Crippen LogP contribution in [0, 0.1) is 0 Å². The Morgan fingerprint density at radius 2 is 2.31 bits per heavy atom. The first kappa shape index (κ1) is 8.69. The summed E-state index contributed by atoms with van der Waals surface area (Å²) in [4.78, 5) is 0. The number of hydrogen-bond acceptors (Lipinski definition) is 3. The summed E-state index contributed by atoms with van der Waals surface area (Å²) in [5.41, 5.74) is 4.27. The van der Waals surface area contributed by atoms with E-state index in [2.05, 4.69) is 43.8 Å². The lowest BCUT2D eigenvalue weighted by atomic mass is 10.1. The van der Waals surface area contributed by atoms with E-state index in [0.717, 1.165) is 17.4 Å². The van der Waals surface area contributed by atoms with Crippen LogP contribution in [0.3, 0.4) is 0 Å². The first-order valence-electron chi connectivity index (χ1n) is 4.21. The van der Waals surface area contributed by atoms with Crippen LogP contribution >= 0.6 is 15.9 Å². The molecule has 1 aromatic carbocycles. The molecule has 68 valence electrons. The van der Waals surface area contributed by atoms with Crippen molar-refractivity contribution in [2.24, 2.45) is 10.3 Å². The maximum atomic E-state index is 3.89. The summed E-state index contributed by atoms with van der Waals surface area (Å²) >= 11 is 3.51. The minimum absolute atomic E-state index is 0.360. The summed E-state index contributed by atoms with van der Waals surface area (Å²) in [5, 5.41) is 7.64. The van der Waals surface area contributed by atoms with Crippen LogP contribution in [0.25, 0.3) is 0 Å². The lowest BCUT2D eigenvalue weighted by Crippen LogP contribution is -2.24. The molecule has 0 aliphatic carbocycles. The molecule has 0 saturated carbocycles. The molecule has 1 aromatic rings. The lowest BCUT2D eigenvalue weighted by molar-refractivity contribution is 0.600. The maximum absolute atomic E-state index is 3.89. The van der Waals surface area contributed by atoms with Gasteiger partial charge in [-0.1, -0.05) is 39.4 Å². The second-order valence-electron chi connectivity index (χ2n) is 3.05. The monoisotopic (exact) mass is 239 g/mol. The quantitative estimate of drug-likeness (QED) is 0.846. The van der Waals surface area contributed by atoms with Crippen LogP contribution in [0.5, 0.6) is 0 Å². The minimum atomic E-state index is 0.360. The van der Waals surface area contributed by atoms with Crippen LogP contribution in [0.4, 0.5) is 0 Å². The molecule has 13 heavy (non-hydrogen) atoms. The number of benzene rings is 1. The largest absolute Gasteiger partial charge is 0.286 e. The molecule has 3 nitrogen and oxygen atoms in total. The second-order valence-corrected chi connectivity index (χ2v) is 3.90. The predicted molar refractivity (Wildman–Crippen MR) is 54.5 cm³/mol. The predicted octanol–water partition coefficient (Wildman–Crippen LogP) is 2.33. The SMILES string of the molecule is Brc1ccccc1CC1CN=NN1. The van der Waals surface area contributed by atoms with Gasteiger partial charge in [-0.25, -0.2) is 0 Å². The third-order valence-electron chi connectivity index (χ3n) is 2.04. The number of rotatable bonds is 2. The van der Waals surface area contributed by atoms with Crippen molar-refractivity contribution in [3.05, 3.63) is 34.3 Å². The second kappa shape index (κ2) is 3.87. The number of hydrogen-bond donors (Lipinski definition) is 1. The van der Waals surface area contributed by atoms with Crippen LogP contribution in [-0.2, 0) is 6.42 Å². The Bertz CT molecular complexity index is 316. The number of nitrogens with zero attached hydrogens (tertiary/aromatic N) is 2. The van der Waals surface area contributed by atoms with E-state index in [4.69, 9.17) is 0 Å². The topological polar surface area (TPSA) is 36.8 Å². The molecule has 2 rings (SSSR count). The Balaban J connectivity index is 2.05. The van der Waals surface area contributed by atoms with E-state index >= 15 is 0 Å². The summed E-state index contributed by atoms with van der Waals surface area (Å²) in [5.74, 6) is 0. The van der Waals surface area contributed by atoms with E-state index in [-0.39, 0.29) is 0 Å². The van der Waals surface area contributed by atoms with Crippen molar-refractivity contribution in [2.45, 2.75) is 12.5 Å². The number of halogens is 1. The van der Waals surface area contributed by atoms with Crippen molar-refractivity contribution in [2.75, 3.05) is 6.54 Å². The summed E-state index contributed by atoms with van der Waals surface area (Å²) < 4.78 is 1.16. The van der Waals surface area contributed by atoms with Gasteiger partial charge in [0.15, 0.2) is 0 Å². The lowest BCUT2D eigenvalue weighted by Gasteiger charge is -2.08. The average Bonchev–Trinajstić information content (AvgIpc) is 2.61. The van der Waals surface area contributed by atoms with Gasteiger partial charge in [-0.05, 0) is 18.1 Å². The van der Waals surface area contributed by atoms with Gasteiger partial charge in [0.05, 0.1) is 12.6 Å². The third kappa shape index (κ3) is 2.06.